The summed E-state index contributed by atoms with van der Waals surface area (Å²) in [5, 5.41) is 13.3. The third-order valence-corrected chi connectivity index (χ3v) is 1.86. The van der Waals surface area contributed by atoms with Gasteiger partial charge in [0.2, 0.25) is 0 Å². The van der Waals surface area contributed by atoms with Crippen LogP contribution in [-0.2, 0) is 9.63 Å². The van der Waals surface area contributed by atoms with Crippen LogP contribution in [0, 0.1) is 0 Å². The first-order chi connectivity index (χ1) is 7.56. The molecule has 1 N–H and O–H groups in total. The lowest BCUT2D eigenvalue weighted by atomic mass is 10.1. The summed E-state index contributed by atoms with van der Waals surface area (Å²) < 4.78 is 4.92. The normalized spacial score (nSPS) is 11.1. The molecule has 1 aromatic rings. The van der Waals surface area contributed by atoms with Crippen LogP contribution in [0.3, 0.4) is 0 Å². The lowest BCUT2D eigenvalue weighted by molar-refractivity contribution is -0.132. The number of benzene rings is 1. The number of esters is 1. The standard InChI is InChI=1S/C11H13NO4/c1-7(12-15-3)9-5-4-6-10(14)11(9)16-8(2)13/h4-6,14H,1-3H3/b12-7+. The van der Waals surface area contributed by atoms with E-state index in [4.69, 9.17) is 4.74 Å². The Morgan fingerprint density at radius 1 is 1.38 bits per heavy atom. The molecule has 16 heavy (non-hydrogen) atoms. The fourth-order valence-electron chi connectivity index (χ4n) is 1.25. The molecule has 0 atom stereocenters. The van der Waals surface area contributed by atoms with Crippen LogP contribution in [0.15, 0.2) is 23.4 Å². The first-order valence-corrected chi connectivity index (χ1v) is 4.64. The van der Waals surface area contributed by atoms with Gasteiger partial charge < -0.3 is 14.7 Å². The van der Waals surface area contributed by atoms with Gasteiger partial charge in [-0.3, -0.25) is 4.79 Å². The maximum absolute atomic E-state index is 10.9. The number of hydrogen-bond acceptors (Lipinski definition) is 5. The average Bonchev–Trinajstić information content (AvgIpc) is 2.20. The quantitative estimate of drug-likeness (QED) is 0.366. The van der Waals surface area contributed by atoms with E-state index in [-0.39, 0.29) is 11.5 Å². The molecule has 0 unspecified atom stereocenters. The van der Waals surface area contributed by atoms with Crippen LogP contribution in [0.4, 0.5) is 0 Å². The van der Waals surface area contributed by atoms with Crippen LogP contribution < -0.4 is 4.74 Å². The zero-order valence-corrected chi connectivity index (χ0v) is 9.35. The number of carbonyl (C=O) groups is 1. The fraction of sp³-hybridized carbons (Fsp3) is 0.273. The maximum atomic E-state index is 10.9. The number of aromatic hydroxyl groups is 1. The third kappa shape index (κ3) is 2.73. The molecule has 0 aromatic heterocycles. The highest BCUT2D eigenvalue weighted by molar-refractivity contribution is 6.02. The van der Waals surface area contributed by atoms with Crippen molar-refractivity contribution in [3.8, 4) is 11.5 Å². The predicted molar refractivity (Wildman–Crippen MR) is 58.6 cm³/mol. The van der Waals surface area contributed by atoms with Gasteiger partial charge >= 0.3 is 5.97 Å². The minimum Gasteiger partial charge on any atom is -0.504 e. The summed E-state index contributed by atoms with van der Waals surface area (Å²) in [5.41, 5.74) is 1.02. The van der Waals surface area contributed by atoms with Crippen LogP contribution >= 0.6 is 0 Å². The van der Waals surface area contributed by atoms with Crippen LogP contribution in [0.25, 0.3) is 0 Å². The van der Waals surface area contributed by atoms with Crippen molar-refractivity contribution in [2.75, 3.05) is 7.11 Å². The van der Waals surface area contributed by atoms with Crippen molar-refractivity contribution in [3.63, 3.8) is 0 Å². The van der Waals surface area contributed by atoms with Crippen LogP contribution in [0.5, 0.6) is 11.5 Å². The van der Waals surface area contributed by atoms with E-state index in [1.165, 1.54) is 20.1 Å². The van der Waals surface area contributed by atoms with E-state index in [9.17, 15) is 9.90 Å². The number of phenols is 1. The number of hydrogen-bond donors (Lipinski definition) is 1. The molecule has 0 saturated heterocycles. The minimum absolute atomic E-state index is 0.0910. The summed E-state index contributed by atoms with van der Waals surface area (Å²) in [6, 6.07) is 4.74. The van der Waals surface area contributed by atoms with Gasteiger partial charge in [0.1, 0.15) is 7.11 Å². The Morgan fingerprint density at radius 3 is 2.62 bits per heavy atom. The summed E-state index contributed by atoms with van der Waals surface area (Å²) in [4.78, 5) is 15.5. The summed E-state index contributed by atoms with van der Waals surface area (Å²) in [6.45, 7) is 2.95. The molecule has 1 aromatic carbocycles. The average molecular weight is 223 g/mol. The van der Waals surface area contributed by atoms with Crippen molar-refractivity contribution < 1.29 is 19.5 Å². The summed E-state index contributed by atoms with van der Waals surface area (Å²) in [5.74, 6) is -0.528. The number of nitrogens with zero attached hydrogens (tertiary/aromatic N) is 1. The van der Waals surface area contributed by atoms with E-state index >= 15 is 0 Å². The second-order valence-electron chi connectivity index (χ2n) is 3.11. The second kappa shape index (κ2) is 5.16. The first kappa shape index (κ1) is 12.0. The van der Waals surface area contributed by atoms with Gasteiger partial charge in [0, 0.05) is 12.5 Å². The number of oxime groups is 1. The summed E-state index contributed by atoms with van der Waals surface area (Å²) in [7, 11) is 1.41. The van der Waals surface area contributed by atoms with Crippen LogP contribution in [0.1, 0.15) is 19.4 Å². The molecule has 86 valence electrons. The minimum atomic E-state index is -0.507. The molecule has 0 spiro atoms. The van der Waals surface area contributed by atoms with Gasteiger partial charge in [-0.05, 0) is 19.1 Å². The Bertz CT molecular complexity index is 426. The van der Waals surface area contributed by atoms with Gasteiger partial charge in [0.05, 0.1) is 5.71 Å². The summed E-state index contributed by atoms with van der Waals surface area (Å²) in [6.07, 6.45) is 0. The zero-order valence-electron chi connectivity index (χ0n) is 9.35. The molecule has 0 heterocycles. The number of ether oxygens (including phenoxy) is 1. The fourth-order valence-corrected chi connectivity index (χ4v) is 1.25. The van der Waals surface area contributed by atoms with E-state index < -0.39 is 5.97 Å². The Balaban J connectivity index is 3.22. The third-order valence-electron chi connectivity index (χ3n) is 1.86. The molecule has 5 heteroatoms. The van der Waals surface area contributed by atoms with E-state index in [1.807, 2.05) is 0 Å². The molecule has 0 saturated carbocycles. The monoisotopic (exact) mass is 223 g/mol. The molecule has 0 aliphatic heterocycles. The van der Waals surface area contributed by atoms with Gasteiger partial charge in [-0.2, -0.15) is 0 Å². The van der Waals surface area contributed by atoms with Crippen LogP contribution in [0.2, 0.25) is 0 Å². The Kier molecular flexibility index (Phi) is 3.88. The molecular formula is C11H13NO4. The lowest BCUT2D eigenvalue weighted by Gasteiger charge is -2.09. The topological polar surface area (TPSA) is 68.1 Å². The molecule has 0 fully saturated rings. The van der Waals surface area contributed by atoms with Crippen molar-refractivity contribution in [1.29, 1.82) is 0 Å². The highest BCUT2D eigenvalue weighted by Gasteiger charge is 2.13. The van der Waals surface area contributed by atoms with E-state index in [0.29, 0.717) is 11.3 Å². The molecule has 0 radical (unpaired) electrons. The molecular weight excluding hydrogens is 210 g/mol. The van der Waals surface area contributed by atoms with Crippen molar-refractivity contribution in [3.05, 3.63) is 23.8 Å². The van der Waals surface area contributed by atoms with Crippen molar-refractivity contribution in [2.24, 2.45) is 5.16 Å². The van der Waals surface area contributed by atoms with Crippen molar-refractivity contribution in [2.45, 2.75) is 13.8 Å². The molecule has 0 bridgehead atoms. The lowest BCUT2D eigenvalue weighted by Crippen LogP contribution is -2.07. The van der Waals surface area contributed by atoms with E-state index in [2.05, 4.69) is 9.99 Å². The molecule has 1 rings (SSSR count). The highest BCUT2D eigenvalue weighted by Crippen LogP contribution is 2.30. The number of phenolic OH excluding ortho intramolecular Hbond substituents is 1. The van der Waals surface area contributed by atoms with Crippen molar-refractivity contribution in [1.82, 2.24) is 0 Å². The summed E-state index contributed by atoms with van der Waals surface area (Å²) >= 11 is 0. The van der Waals surface area contributed by atoms with Crippen molar-refractivity contribution >= 4 is 11.7 Å². The second-order valence-corrected chi connectivity index (χ2v) is 3.11. The van der Waals surface area contributed by atoms with Gasteiger partial charge in [-0.1, -0.05) is 11.2 Å². The van der Waals surface area contributed by atoms with Gasteiger partial charge in [-0.15, -0.1) is 0 Å². The smallest absolute Gasteiger partial charge is 0.308 e. The number of carbonyl (C=O) groups excluding carboxylic acids is 1. The highest BCUT2D eigenvalue weighted by atomic mass is 16.6. The van der Waals surface area contributed by atoms with Gasteiger partial charge in [-0.25, -0.2) is 0 Å². The Morgan fingerprint density at radius 2 is 2.06 bits per heavy atom. The van der Waals surface area contributed by atoms with E-state index in [1.54, 1.807) is 19.1 Å². The number of rotatable bonds is 3. The molecule has 0 aliphatic rings. The van der Waals surface area contributed by atoms with Gasteiger partial charge in [0.25, 0.3) is 0 Å². The SMILES string of the molecule is CO/N=C(\C)c1cccc(O)c1OC(C)=O. The molecule has 0 amide bonds. The van der Waals surface area contributed by atoms with E-state index in [0.717, 1.165) is 0 Å². The Hall–Kier alpha value is -2.04. The van der Waals surface area contributed by atoms with Crippen LogP contribution in [-0.4, -0.2) is 23.9 Å². The molecule has 5 nitrogen and oxygen atoms in total. The first-order valence-electron chi connectivity index (χ1n) is 4.64. The number of para-hydroxylation sites is 1. The molecule has 0 aliphatic carbocycles. The Labute approximate surface area is 93.3 Å². The maximum Gasteiger partial charge on any atom is 0.308 e. The predicted octanol–water partition coefficient (Wildman–Crippen LogP) is 1.69. The van der Waals surface area contributed by atoms with Gasteiger partial charge in [0.15, 0.2) is 11.5 Å². The largest absolute Gasteiger partial charge is 0.504 e. The zero-order chi connectivity index (χ0) is 12.1.